The second kappa shape index (κ2) is 7.74. The van der Waals surface area contributed by atoms with E-state index in [1.54, 1.807) is 14.0 Å². The van der Waals surface area contributed by atoms with Crippen LogP contribution in [0.25, 0.3) is 21.9 Å². The number of ether oxygens (including phenoxy) is 1. The minimum Gasteiger partial charge on any atom is -0.497 e. The van der Waals surface area contributed by atoms with Crippen molar-refractivity contribution in [3.63, 3.8) is 0 Å². The van der Waals surface area contributed by atoms with Gasteiger partial charge in [-0.25, -0.2) is 0 Å². The van der Waals surface area contributed by atoms with Crippen LogP contribution in [0, 0.1) is 0 Å². The number of pyridine rings is 1. The number of amides is 1. The Kier molecular flexibility index (Phi) is 5.14. The molecule has 1 saturated heterocycles. The number of likely N-dealkylation sites (tertiary alicyclic amines) is 1. The van der Waals surface area contributed by atoms with E-state index in [4.69, 9.17) is 4.74 Å². The number of methoxy groups -OCH3 is 1. The van der Waals surface area contributed by atoms with Crippen molar-refractivity contribution in [3.8, 4) is 16.9 Å². The first-order valence-corrected chi connectivity index (χ1v) is 10.0. The SMILES string of the molecule is COc1ccc2c(=O)n(C)c(C3CCN(C(C)=O)CC3)c(-c3ccccc3)c2c1. The largest absolute Gasteiger partial charge is 0.497 e. The maximum Gasteiger partial charge on any atom is 0.258 e. The molecular formula is C24H26N2O3. The summed E-state index contributed by atoms with van der Waals surface area (Å²) in [5, 5.41) is 1.61. The number of hydrogen-bond acceptors (Lipinski definition) is 3. The van der Waals surface area contributed by atoms with Gasteiger partial charge in [-0.15, -0.1) is 0 Å². The van der Waals surface area contributed by atoms with Crippen LogP contribution < -0.4 is 10.3 Å². The fraction of sp³-hybridized carbons (Fsp3) is 0.333. The van der Waals surface area contributed by atoms with Crippen LogP contribution in [0.1, 0.15) is 31.4 Å². The predicted molar refractivity (Wildman–Crippen MR) is 115 cm³/mol. The van der Waals surface area contributed by atoms with E-state index in [0.29, 0.717) is 5.39 Å². The predicted octanol–water partition coefficient (Wildman–Crippen LogP) is 3.94. The van der Waals surface area contributed by atoms with Crippen molar-refractivity contribution in [1.29, 1.82) is 0 Å². The van der Waals surface area contributed by atoms with E-state index >= 15 is 0 Å². The van der Waals surface area contributed by atoms with Crippen molar-refractivity contribution in [1.82, 2.24) is 9.47 Å². The smallest absolute Gasteiger partial charge is 0.258 e. The number of benzene rings is 2. The van der Waals surface area contributed by atoms with Gasteiger partial charge in [-0.3, -0.25) is 9.59 Å². The molecule has 0 saturated carbocycles. The third-order valence-corrected chi connectivity index (χ3v) is 6.04. The number of rotatable bonds is 3. The molecule has 1 aliphatic rings. The average molecular weight is 390 g/mol. The minimum absolute atomic E-state index is 0.00586. The molecule has 0 spiro atoms. The summed E-state index contributed by atoms with van der Waals surface area (Å²) in [6.07, 6.45) is 1.70. The van der Waals surface area contributed by atoms with Crippen LogP contribution >= 0.6 is 0 Å². The molecule has 0 aliphatic carbocycles. The summed E-state index contributed by atoms with van der Waals surface area (Å²) in [7, 11) is 3.51. The van der Waals surface area contributed by atoms with Crippen LogP contribution in [-0.4, -0.2) is 35.6 Å². The van der Waals surface area contributed by atoms with Crippen LogP contribution in [0.2, 0.25) is 0 Å². The summed E-state index contributed by atoms with van der Waals surface area (Å²) < 4.78 is 7.27. The number of aromatic nitrogens is 1. The third kappa shape index (κ3) is 3.41. The minimum atomic E-state index is 0.00586. The van der Waals surface area contributed by atoms with Gasteiger partial charge in [-0.2, -0.15) is 0 Å². The number of hydrogen-bond donors (Lipinski definition) is 0. The molecule has 0 N–H and O–H groups in total. The zero-order valence-corrected chi connectivity index (χ0v) is 17.1. The molecule has 29 heavy (non-hydrogen) atoms. The molecule has 150 valence electrons. The molecule has 2 aromatic carbocycles. The maximum atomic E-state index is 13.2. The zero-order chi connectivity index (χ0) is 20.5. The van der Waals surface area contributed by atoms with E-state index in [9.17, 15) is 9.59 Å². The third-order valence-electron chi connectivity index (χ3n) is 6.04. The van der Waals surface area contributed by atoms with Crippen LogP contribution in [0.4, 0.5) is 0 Å². The monoisotopic (exact) mass is 390 g/mol. The first-order valence-electron chi connectivity index (χ1n) is 10.0. The van der Waals surface area contributed by atoms with Crippen LogP contribution in [0.5, 0.6) is 5.75 Å². The molecule has 1 aromatic heterocycles. The van der Waals surface area contributed by atoms with Crippen LogP contribution in [0.15, 0.2) is 53.3 Å². The Morgan fingerprint density at radius 1 is 1.03 bits per heavy atom. The Bertz CT molecular complexity index is 1110. The summed E-state index contributed by atoms with van der Waals surface area (Å²) in [6.45, 7) is 3.06. The van der Waals surface area contributed by atoms with E-state index in [1.807, 2.05) is 52.9 Å². The van der Waals surface area contributed by atoms with E-state index in [0.717, 1.165) is 53.9 Å². The van der Waals surface area contributed by atoms with Gasteiger partial charge in [-0.1, -0.05) is 30.3 Å². The van der Waals surface area contributed by atoms with Gasteiger partial charge in [0.25, 0.3) is 5.56 Å². The Morgan fingerprint density at radius 2 is 1.72 bits per heavy atom. The summed E-state index contributed by atoms with van der Waals surface area (Å²) in [5.74, 6) is 1.07. The van der Waals surface area contributed by atoms with E-state index in [2.05, 4.69) is 12.1 Å². The Hall–Kier alpha value is -3.08. The maximum absolute atomic E-state index is 13.2. The molecule has 0 atom stereocenters. The van der Waals surface area contributed by atoms with Crippen LogP contribution in [0.3, 0.4) is 0 Å². The van der Waals surface area contributed by atoms with Gasteiger partial charge in [-0.05, 0) is 36.6 Å². The number of carbonyl (C=O) groups excluding carboxylic acids is 1. The number of carbonyl (C=O) groups is 1. The Balaban J connectivity index is 1.97. The molecule has 1 amide bonds. The number of nitrogens with zero attached hydrogens (tertiary/aromatic N) is 2. The molecule has 0 radical (unpaired) electrons. The highest BCUT2D eigenvalue weighted by molar-refractivity contribution is 5.98. The number of fused-ring (bicyclic) bond motifs is 1. The normalized spacial score (nSPS) is 14.9. The lowest BCUT2D eigenvalue weighted by Gasteiger charge is -2.33. The molecule has 5 nitrogen and oxygen atoms in total. The van der Waals surface area contributed by atoms with E-state index < -0.39 is 0 Å². The van der Waals surface area contributed by atoms with Crippen molar-refractivity contribution >= 4 is 16.7 Å². The first kappa shape index (κ1) is 19.2. The molecule has 3 aromatic rings. The lowest BCUT2D eigenvalue weighted by Crippen LogP contribution is -2.37. The molecular weight excluding hydrogens is 364 g/mol. The van der Waals surface area contributed by atoms with Crippen molar-refractivity contribution in [2.75, 3.05) is 20.2 Å². The number of piperidine rings is 1. The molecule has 5 heteroatoms. The van der Waals surface area contributed by atoms with Crippen molar-refractivity contribution < 1.29 is 9.53 Å². The summed E-state index contributed by atoms with van der Waals surface area (Å²) in [6, 6.07) is 15.9. The summed E-state index contributed by atoms with van der Waals surface area (Å²) in [4.78, 5) is 26.8. The van der Waals surface area contributed by atoms with Crippen LogP contribution in [-0.2, 0) is 11.8 Å². The van der Waals surface area contributed by atoms with Gasteiger partial charge in [0.15, 0.2) is 0 Å². The van der Waals surface area contributed by atoms with Gasteiger partial charge in [0.05, 0.1) is 7.11 Å². The van der Waals surface area contributed by atoms with Gasteiger partial charge in [0, 0.05) is 55.0 Å². The molecule has 0 bridgehead atoms. The topological polar surface area (TPSA) is 51.5 Å². The van der Waals surface area contributed by atoms with E-state index in [-0.39, 0.29) is 17.4 Å². The molecule has 0 unspecified atom stereocenters. The Labute approximate surface area is 170 Å². The first-order chi connectivity index (χ1) is 14.0. The van der Waals surface area contributed by atoms with Gasteiger partial charge >= 0.3 is 0 Å². The molecule has 4 rings (SSSR count). The highest BCUT2D eigenvalue weighted by Crippen LogP contribution is 2.39. The van der Waals surface area contributed by atoms with Gasteiger partial charge in [0.2, 0.25) is 5.91 Å². The highest BCUT2D eigenvalue weighted by atomic mass is 16.5. The van der Waals surface area contributed by atoms with E-state index in [1.165, 1.54) is 0 Å². The quantitative estimate of drug-likeness (QED) is 0.681. The lowest BCUT2D eigenvalue weighted by molar-refractivity contribution is -0.129. The zero-order valence-electron chi connectivity index (χ0n) is 17.1. The summed E-state index contributed by atoms with van der Waals surface area (Å²) in [5.41, 5.74) is 3.23. The van der Waals surface area contributed by atoms with Gasteiger partial charge < -0.3 is 14.2 Å². The van der Waals surface area contributed by atoms with Crippen molar-refractivity contribution in [2.45, 2.75) is 25.7 Å². The second-order valence-electron chi connectivity index (χ2n) is 7.68. The fourth-order valence-corrected chi connectivity index (χ4v) is 4.49. The summed E-state index contributed by atoms with van der Waals surface area (Å²) >= 11 is 0. The van der Waals surface area contributed by atoms with Gasteiger partial charge in [0.1, 0.15) is 5.75 Å². The van der Waals surface area contributed by atoms with Crippen molar-refractivity contribution in [3.05, 3.63) is 64.6 Å². The fourth-order valence-electron chi connectivity index (χ4n) is 4.49. The molecule has 2 heterocycles. The standard InChI is InChI=1S/C24H26N2O3/c1-16(27)26-13-11-18(12-14-26)23-22(17-7-5-4-6-8-17)21-15-19(29-3)9-10-20(21)24(28)25(23)2/h4-10,15,18H,11-14H2,1-3H3. The van der Waals surface area contributed by atoms with Crippen molar-refractivity contribution in [2.24, 2.45) is 7.05 Å². The highest BCUT2D eigenvalue weighted by Gasteiger charge is 2.28. The molecule has 1 fully saturated rings. The second-order valence-corrected chi connectivity index (χ2v) is 7.68. The molecule has 1 aliphatic heterocycles. The average Bonchev–Trinajstić information content (AvgIpc) is 2.76. The lowest BCUT2D eigenvalue weighted by atomic mass is 9.85. The Morgan fingerprint density at radius 3 is 2.34 bits per heavy atom.